The van der Waals surface area contributed by atoms with Gasteiger partial charge in [0, 0.05) is 44.6 Å². The largest absolute Gasteiger partial charge is 0.239 e. The molecule has 0 spiro atoms. The van der Waals surface area contributed by atoms with Gasteiger partial charge in [-0.25, -0.2) is 39.9 Å². The standard InChI is InChI=1S/C58H40N8/c1-37-34-52(60-38(2)59-37)51-36-48(40-22-27-45(28-23-40)56-62-53(42-15-6-3-7-16-42)61-54(63-56)43-17-8-4-9-18-43)32-33-50(51)41-25-29-46(30-26-41)57-64-55(44-19-10-5-11-20-44)65-58(66-57)49-31-24-39-14-12-13-21-47(39)35-49/h3-36H,1-2H3. The third-order valence-corrected chi connectivity index (χ3v) is 11.6. The van der Waals surface area contributed by atoms with Crippen molar-refractivity contribution in [3.63, 3.8) is 0 Å². The third-order valence-electron chi connectivity index (χ3n) is 11.6. The van der Waals surface area contributed by atoms with Gasteiger partial charge in [0.05, 0.1) is 5.69 Å². The van der Waals surface area contributed by atoms with Crippen LogP contribution in [0.1, 0.15) is 11.5 Å². The summed E-state index contributed by atoms with van der Waals surface area (Å²) in [5.41, 5.74) is 12.5. The highest BCUT2D eigenvalue weighted by Crippen LogP contribution is 2.37. The number of hydrogen-bond acceptors (Lipinski definition) is 8. The maximum absolute atomic E-state index is 5.05. The molecule has 0 fully saturated rings. The number of aryl methyl sites for hydroxylation is 2. The molecular formula is C58H40N8. The molecule has 0 radical (unpaired) electrons. The minimum atomic E-state index is 0.601. The smallest absolute Gasteiger partial charge is 0.164 e. The van der Waals surface area contributed by atoms with Crippen LogP contribution in [0.2, 0.25) is 0 Å². The van der Waals surface area contributed by atoms with Crippen molar-refractivity contribution in [3.8, 4) is 102 Å². The van der Waals surface area contributed by atoms with Crippen LogP contribution < -0.4 is 0 Å². The van der Waals surface area contributed by atoms with E-state index in [2.05, 4.69) is 108 Å². The molecule has 8 nitrogen and oxygen atoms in total. The lowest BCUT2D eigenvalue weighted by Crippen LogP contribution is -2.00. The molecular weight excluding hydrogens is 809 g/mol. The van der Waals surface area contributed by atoms with E-state index < -0.39 is 0 Å². The van der Waals surface area contributed by atoms with Gasteiger partial charge in [-0.15, -0.1) is 0 Å². The monoisotopic (exact) mass is 848 g/mol. The zero-order valence-electron chi connectivity index (χ0n) is 36.2. The van der Waals surface area contributed by atoms with Crippen molar-refractivity contribution in [2.45, 2.75) is 13.8 Å². The third kappa shape index (κ3) is 8.22. The summed E-state index contributed by atoms with van der Waals surface area (Å²) >= 11 is 0. The van der Waals surface area contributed by atoms with E-state index in [1.807, 2.05) is 117 Å². The number of rotatable bonds is 9. The number of hydrogen-bond donors (Lipinski definition) is 0. The zero-order valence-corrected chi connectivity index (χ0v) is 36.2. The van der Waals surface area contributed by atoms with Gasteiger partial charge < -0.3 is 0 Å². The van der Waals surface area contributed by atoms with E-state index >= 15 is 0 Å². The Bertz CT molecular complexity index is 3450. The molecule has 3 aromatic heterocycles. The van der Waals surface area contributed by atoms with Crippen molar-refractivity contribution in [1.82, 2.24) is 39.9 Å². The highest BCUT2D eigenvalue weighted by molar-refractivity contribution is 5.88. The van der Waals surface area contributed by atoms with Gasteiger partial charge in [-0.3, -0.25) is 0 Å². The summed E-state index contributed by atoms with van der Waals surface area (Å²) in [4.78, 5) is 39.3. The Hall–Kier alpha value is -8.88. The van der Waals surface area contributed by atoms with E-state index in [4.69, 9.17) is 34.9 Å². The van der Waals surface area contributed by atoms with Crippen LogP contribution >= 0.6 is 0 Å². The zero-order chi connectivity index (χ0) is 44.4. The fraction of sp³-hybridized carbons (Fsp3) is 0.0345. The topological polar surface area (TPSA) is 103 Å². The maximum Gasteiger partial charge on any atom is 0.164 e. The summed E-state index contributed by atoms with van der Waals surface area (Å²) in [6.45, 7) is 3.94. The molecule has 0 amide bonds. The molecule has 312 valence electrons. The van der Waals surface area contributed by atoms with Crippen molar-refractivity contribution in [2.75, 3.05) is 0 Å². The number of benzene rings is 8. The first kappa shape index (κ1) is 39.9. The minimum absolute atomic E-state index is 0.601. The molecule has 0 N–H and O–H groups in total. The molecule has 66 heavy (non-hydrogen) atoms. The summed E-state index contributed by atoms with van der Waals surface area (Å²) in [5.74, 6) is 4.43. The lowest BCUT2D eigenvalue weighted by Gasteiger charge is -2.14. The van der Waals surface area contributed by atoms with Crippen molar-refractivity contribution in [1.29, 1.82) is 0 Å². The van der Waals surface area contributed by atoms with Gasteiger partial charge in [-0.05, 0) is 65.1 Å². The molecule has 0 bridgehead atoms. The van der Waals surface area contributed by atoms with E-state index in [0.717, 1.165) is 83.8 Å². The molecule has 0 unspecified atom stereocenters. The first-order valence-corrected chi connectivity index (χ1v) is 21.8. The quantitative estimate of drug-likeness (QED) is 0.141. The number of nitrogens with zero attached hydrogens (tertiary/aromatic N) is 8. The fourth-order valence-corrected chi connectivity index (χ4v) is 8.27. The van der Waals surface area contributed by atoms with Crippen molar-refractivity contribution in [2.24, 2.45) is 0 Å². The molecule has 8 heteroatoms. The summed E-state index contributed by atoms with van der Waals surface area (Å²) in [7, 11) is 0. The molecule has 0 atom stereocenters. The van der Waals surface area contributed by atoms with Gasteiger partial charge in [-0.1, -0.05) is 188 Å². The summed E-state index contributed by atoms with van der Waals surface area (Å²) < 4.78 is 0. The average Bonchev–Trinajstić information content (AvgIpc) is 3.38. The Balaban J connectivity index is 0.957. The van der Waals surface area contributed by atoms with E-state index in [-0.39, 0.29) is 0 Å². The van der Waals surface area contributed by atoms with Crippen molar-refractivity contribution in [3.05, 3.63) is 218 Å². The Morgan fingerprint density at radius 1 is 0.242 bits per heavy atom. The van der Waals surface area contributed by atoms with Crippen LogP contribution in [0.3, 0.4) is 0 Å². The molecule has 0 aliphatic rings. The molecule has 0 saturated heterocycles. The van der Waals surface area contributed by atoms with Gasteiger partial charge >= 0.3 is 0 Å². The second-order valence-electron chi connectivity index (χ2n) is 16.1. The van der Waals surface area contributed by atoms with Crippen LogP contribution in [0.4, 0.5) is 0 Å². The van der Waals surface area contributed by atoms with Gasteiger partial charge in [-0.2, -0.15) is 0 Å². The first-order valence-electron chi connectivity index (χ1n) is 21.8. The molecule has 11 aromatic rings. The van der Waals surface area contributed by atoms with E-state index in [1.54, 1.807) is 0 Å². The predicted octanol–water partition coefficient (Wildman–Crippen LogP) is 13.6. The fourth-order valence-electron chi connectivity index (χ4n) is 8.27. The Labute approximate surface area is 382 Å². The van der Waals surface area contributed by atoms with Crippen LogP contribution in [0.25, 0.3) is 113 Å². The first-order chi connectivity index (χ1) is 32.5. The second kappa shape index (κ2) is 17.4. The Morgan fingerprint density at radius 2 is 0.636 bits per heavy atom. The van der Waals surface area contributed by atoms with Crippen molar-refractivity contribution >= 4 is 10.8 Å². The van der Waals surface area contributed by atoms with Crippen LogP contribution in [-0.2, 0) is 0 Å². The number of fused-ring (bicyclic) bond motifs is 1. The normalized spacial score (nSPS) is 11.2. The van der Waals surface area contributed by atoms with Gasteiger partial charge in [0.2, 0.25) is 0 Å². The van der Waals surface area contributed by atoms with Gasteiger partial charge in [0.25, 0.3) is 0 Å². The Kier molecular flexibility index (Phi) is 10.5. The van der Waals surface area contributed by atoms with E-state index in [0.29, 0.717) is 34.9 Å². The van der Waals surface area contributed by atoms with E-state index in [1.165, 1.54) is 5.39 Å². The molecule has 0 saturated carbocycles. The highest BCUT2D eigenvalue weighted by Gasteiger charge is 2.17. The maximum atomic E-state index is 5.05. The second-order valence-corrected chi connectivity index (χ2v) is 16.1. The SMILES string of the molecule is Cc1cc(-c2cc(-c3ccc(-c4nc(-c5ccccc5)nc(-c5ccccc5)n4)cc3)ccc2-c2ccc(-c3nc(-c4ccccc4)nc(-c4ccc5ccccc5c4)n3)cc2)nc(C)n1. The van der Waals surface area contributed by atoms with Crippen LogP contribution in [0.5, 0.6) is 0 Å². The van der Waals surface area contributed by atoms with Crippen molar-refractivity contribution < 1.29 is 0 Å². The van der Waals surface area contributed by atoms with Gasteiger partial charge in [0.1, 0.15) is 5.82 Å². The number of aromatic nitrogens is 8. The molecule has 11 rings (SSSR count). The summed E-state index contributed by atoms with van der Waals surface area (Å²) in [6, 6.07) is 70.2. The minimum Gasteiger partial charge on any atom is -0.239 e. The van der Waals surface area contributed by atoms with Gasteiger partial charge in [0.15, 0.2) is 34.9 Å². The molecule has 0 aliphatic carbocycles. The molecule has 3 heterocycles. The lowest BCUT2D eigenvalue weighted by molar-refractivity contribution is 1.02. The summed E-state index contributed by atoms with van der Waals surface area (Å²) in [5, 5.41) is 2.30. The van der Waals surface area contributed by atoms with E-state index in [9.17, 15) is 0 Å². The molecule has 8 aromatic carbocycles. The Morgan fingerprint density at radius 3 is 1.14 bits per heavy atom. The average molecular weight is 849 g/mol. The molecule has 0 aliphatic heterocycles. The highest BCUT2D eigenvalue weighted by atomic mass is 15.0. The predicted molar refractivity (Wildman–Crippen MR) is 265 cm³/mol. The van der Waals surface area contributed by atoms with Crippen LogP contribution in [0.15, 0.2) is 206 Å². The van der Waals surface area contributed by atoms with Crippen LogP contribution in [-0.4, -0.2) is 39.9 Å². The summed E-state index contributed by atoms with van der Waals surface area (Å²) in [6.07, 6.45) is 0. The van der Waals surface area contributed by atoms with Crippen LogP contribution in [0, 0.1) is 13.8 Å². The lowest BCUT2D eigenvalue weighted by atomic mass is 9.92.